The van der Waals surface area contributed by atoms with Crippen LogP contribution in [0.15, 0.2) is 30.3 Å². The Bertz CT molecular complexity index is 509. The lowest BCUT2D eigenvalue weighted by Gasteiger charge is -2.24. The van der Waals surface area contributed by atoms with Crippen LogP contribution < -0.4 is 0 Å². The minimum absolute atomic E-state index is 0.313. The molecule has 0 bridgehead atoms. The summed E-state index contributed by atoms with van der Waals surface area (Å²) in [5.41, 5.74) is 0.0384. The third-order valence-corrected chi connectivity index (χ3v) is 3.50. The molecule has 0 aliphatic carbocycles. The molecule has 1 unspecified atom stereocenters. The van der Waals surface area contributed by atoms with Crippen LogP contribution in [0.5, 0.6) is 0 Å². The van der Waals surface area contributed by atoms with Crippen LogP contribution in [0.3, 0.4) is 0 Å². The van der Waals surface area contributed by atoms with Gasteiger partial charge in [-0.3, -0.25) is 9.69 Å². The van der Waals surface area contributed by atoms with Crippen molar-refractivity contribution in [1.29, 1.82) is 0 Å². The fourth-order valence-corrected chi connectivity index (χ4v) is 2.46. The van der Waals surface area contributed by atoms with Crippen LogP contribution in [0, 0.1) is 11.8 Å². The molecule has 0 amide bonds. The fraction of sp³-hybridized carbons (Fsp3) is 0.471. The number of esters is 1. The molecule has 1 aliphatic rings. The van der Waals surface area contributed by atoms with Gasteiger partial charge in [0.25, 0.3) is 0 Å². The highest BCUT2D eigenvalue weighted by Gasteiger charge is 2.27. The van der Waals surface area contributed by atoms with Gasteiger partial charge in [-0.1, -0.05) is 36.3 Å². The van der Waals surface area contributed by atoms with Crippen molar-refractivity contribution < 1.29 is 9.53 Å². The highest BCUT2D eigenvalue weighted by molar-refractivity contribution is 5.67. The third kappa shape index (κ3) is 3.85. The summed E-state index contributed by atoms with van der Waals surface area (Å²) in [4.78, 5) is 13.7. The van der Waals surface area contributed by atoms with Gasteiger partial charge in [-0.05, 0) is 38.8 Å². The maximum Gasteiger partial charge on any atom is 0.304 e. The van der Waals surface area contributed by atoms with Gasteiger partial charge in [-0.25, -0.2) is 0 Å². The molecule has 0 saturated carbocycles. The van der Waals surface area contributed by atoms with Crippen molar-refractivity contribution in [3.63, 3.8) is 0 Å². The van der Waals surface area contributed by atoms with E-state index in [1.54, 1.807) is 0 Å². The van der Waals surface area contributed by atoms with Gasteiger partial charge in [-0.15, -0.1) is 0 Å². The van der Waals surface area contributed by atoms with Crippen molar-refractivity contribution in [2.45, 2.75) is 32.3 Å². The number of hydrogen-bond donors (Lipinski definition) is 0. The molecule has 2 rings (SSSR count). The van der Waals surface area contributed by atoms with Crippen LogP contribution in [0.1, 0.15) is 32.3 Å². The van der Waals surface area contributed by atoms with E-state index >= 15 is 0 Å². The first-order valence-electron chi connectivity index (χ1n) is 7.08. The van der Waals surface area contributed by atoms with E-state index < -0.39 is 5.60 Å². The van der Waals surface area contributed by atoms with Crippen LogP contribution in [0.25, 0.3) is 0 Å². The van der Waals surface area contributed by atoms with Gasteiger partial charge < -0.3 is 4.74 Å². The van der Waals surface area contributed by atoms with Gasteiger partial charge in [0.1, 0.15) is 0 Å². The molecule has 1 fully saturated rings. The number of carbonyl (C=O) groups excluding carboxylic acids is 1. The minimum atomic E-state index is -0.868. The van der Waals surface area contributed by atoms with E-state index in [1.807, 2.05) is 37.3 Å². The van der Waals surface area contributed by atoms with E-state index in [9.17, 15) is 4.79 Å². The summed E-state index contributed by atoms with van der Waals surface area (Å²) < 4.78 is 5.46. The van der Waals surface area contributed by atoms with E-state index in [0.29, 0.717) is 0 Å². The third-order valence-electron chi connectivity index (χ3n) is 3.50. The normalized spacial score (nSPS) is 17.9. The Labute approximate surface area is 120 Å². The van der Waals surface area contributed by atoms with Crippen molar-refractivity contribution in [2.75, 3.05) is 19.6 Å². The molecule has 0 radical (unpaired) electrons. The zero-order valence-corrected chi connectivity index (χ0v) is 12.2. The van der Waals surface area contributed by atoms with Gasteiger partial charge in [0, 0.05) is 12.5 Å². The van der Waals surface area contributed by atoms with Gasteiger partial charge in [0.2, 0.25) is 0 Å². The molecule has 1 atom stereocenters. The van der Waals surface area contributed by atoms with Crippen LogP contribution >= 0.6 is 0 Å². The zero-order chi connectivity index (χ0) is 14.4. The molecule has 1 aromatic carbocycles. The molecule has 0 spiro atoms. The molecule has 3 heteroatoms. The molecular formula is C17H21NO2. The predicted octanol–water partition coefficient (Wildman–Crippen LogP) is 2.56. The summed E-state index contributed by atoms with van der Waals surface area (Å²) in [7, 11) is 0. The summed E-state index contributed by atoms with van der Waals surface area (Å²) in [5, 5.41) is 0. The van der Waals surface area contributed by atoms with E-state index in [1.165, 1.54) is 19.8 Å². The number of carbonyl (C=O) groups is 1. The van der Waals surface area contributed by atoms with Crippen molar-refractivity contribution >= 4 is 5.97 Å². The second kappa shape index (κ2) is 6.58. The molecule has 0 N–H and O–H groups in total. The number of nitrogens with zero attached hydrogens (tertiary/aromatic N) is 1. The van der Waals surface area contributed by atoms with Crippen molar-refractivity contribution in [1.82, 2.24) is 4.90 Å². The number of rotatable bonds is 3. The number of benzene rings is 1. The fourth-order valence-electron chi connectivity index (χ4n) is 2.46. The minimum Gasteiger partial charge on any atom is -0.442 e. The largest absolute Gasteiger partial charge is 0.442 e. The average molecular weight is 271 g/mol. The summed E-state index contributed by atoms with van der Waals surface area (Å²) in [6.07, 6.45) is 2.50. The SMILES string of the molecule is CC(=O)OC(C)(C#CCN1CCCC1)c1ccccc1. The van der Waals surface area contributed by atoms with Crippen molar-refractivity contribution in [3.05, 3.63) is 35.9 Å². The Hall–Kier alpha value is -1.79. The number of hydrogen-bond acceptors (Lipinski definition) is 3. The second-order valence-electron chi connectivity index (χ2n) is 5.28. The van der Waals surface area contributed by atoms with Gasteiger partial charge in [-0.2, -0.15) is 0 Å². The Morgan fingerprint density at radius 3 is 2.55 bits per heavy atom. The van der Waals surface area contributed by atoms with Gasteiger partial charge in [0.15, 0.2) is 5.60 Å². The van der Waals surface area contributed by atoms with E-state index in [4.69, 9.17) is 4.74 Å². The Morgan fingerprint density at radius 1 is 1.30 bits per heavy atom. The second-order valence-corrected chi connectivity index (χ2v) is 5.28. The average Bonchev–Trinajstić information content (AvgIpc) is 2.92. The zero-order valence-electron chi connectivity index (χ0n) is 12.2. The molecule has 1 heterocycles. The maximum absolute atomic E-state index is 11.4. The Kier molecular flexibility index (Phi) is 4.81. The highest BCUT2D eigenvalue weighted by Crippen LogP contribution is 2.24. The molecular weight excluding hydrogens is 250 g/mol. The van der Waals surface area contributed by atoms with Crippen LogP contribution in [0.2, 0.25) is 0 Å². The van der Waals surface area contributed by atoms with Crippen molar-refractivity contribution in [2.24, 2.45) is 0 Å². The van der Waals surface area contributed by atoms with Crippen LogP contribution in [-0.2, 0) is 15.1 Å². The molecule has 20 heavy (non-hydrogen) atoms. The summed E-state index contributed by atoms with van der Waals surface area (Å²) >= 11 is 0. The van der Waals surface area contributed by atoms with Crippen LogP contribution in [-0.4, -0.2) is 30.5 Å². The summed E-state index contributed by atoms with van der Waals surface area (Å²) in [5.74, 6) is 5.99. The maximum atomic E-state index is 11.4. The molecule has 3 nitrogen and oxygen atoms in total. The molecule has 1 saturated heterocycles. The lowest BCUT2D eigenvalue weighted by Crippen LogP contribution is -2.27. The van der Waals surface area contributed by atoms with Crippen molar-refractivity contribution in [3.8, 4) is 11.8 Å². The Morgan fingerprint density at radius 2 is 1.95 bits per heavy atom. The first-order chi connectivity index (χ1) is 9.60. The molecule has 1 aliphatic heterocycles. The molecule has 0 aromatic heterocycles. The van der Waals surface area contributed by atoms with E-state index in [-0.39, 0.29) is 5.97 Å². The van der Waals surface area contributed by atoms with E-state index in [2.05, 4.69) is 16.7 Å². The standard InChI is InChI=1S/C17H21NO2/c1-15(19)20-17(2,16-9-4-3-5-10-16)11-8-14-18-12-6-7-13-18/h3-5,9-10H,6-7,12-14H2,1-2H3. The van der Waals surface area contributed by atoms with E-state index in [0.717, 1.165) is 25.2 Å². The lowest BCUT2D eigenvalue weighted by molar-refractivity contribution is -0.151. The van der Waals surface area contributed by atoms with Gasteiger partial charge in [0.05, 0.1) is 6.54 Å². The molecule has 1 aromatic rings. The summed E-state index contributed by atoms with van der Waals surface area (Å²) in [6.45, 7) is 6.24. The topological polar surface area (TPSA) is 29.5 Å². The Balaban J connectivity index is 2.14. The first-order valence-corrected chi connectivity index (χ1v) is 7.08. The summed E-state index contributed by atoms with van der Waals surface area (Å²) in [6, 6.07) is 9.68. The van der Waals surface area contributed by atoms with Crippen LogP contribution in [0.4, 0.5) is 0 Å². The predicted molar refractivity (Wildman–Crippen MR) is 79.0 cm³/mol. The quantitative estimate of drug-likeness (QED) is 0.625. The number of ether oxygens (including phenoxy) is 1. The molecule has 106 valence electrons. The number of likely N-dealkylation sites (tertiary alicyclic amines) is 1. The monoisotopic (exact) mass is 271 g/mol. The van der Waals surface area contributed by atoms with Gasteiger partial charge >= 0.3 is 5.97 Å². The highest BCUT2D eigenvalue weighted by atomic mass is 16.6. The first kappa shape index (κ1) is 14.6. The smallest absolute Gasteiger partial charge is 0.304 e. The lowest BCUT2D eigenvalue weighted by atomic mass is 9.96.